The van der Waals surface area contributed by atoms with Crippen LogP contribution in [-0.4, -0.2) is 31.4 Å². The SMILES string of the molecule is COc1cccc(CO[C@@H](C)C(=O)N2CCCSc3ccccc32)c1. The topological polar surface area (TPSA) is 38.8 Å². The monoisotopic (exact) mass is 357 g/mol. The quantitative estimate of drug-likeness (QED) is 0.806. The Morgan fingerprint density at radius 3 is 2.92 bits per heavy atom. The van der Waals surface area contributed by atoms with E-state index in [4.69, 9.17) is 9.47 Å². The highest BCUT2D eigenvalue weighted by Gasteiger charge is 2.25. The van der Waals surface area contributed by atoms with Crippen molar-refractivity contribution in [3.05, 3.63) is 54.1 Å². The van der Waals surface area contributed by atoms with Gasteiger partial charge in [-0.2, -0.15) is 0 Å². The molecule has 1 aliphatic rings. The molecule has 132 valence electrons. The summed E-state index contributed by atoms with van der Waals surface area (Å²) in [6, 6.07) is 15.8. The van der Waals surface area contributed by atoms with Crippen LogP contribution in [0, 0.1) is 0 Å². The molecule has 1 atom stereocenters. The molecule has 4 nitrogen and oxygen atoms in total. The van der Waals surface area contributed by atoms with Crippen molar-refractivity contribution in [2.75, 3.05) is 24.3 Å². The van der Waals surface area contributed by atoms with Gasteiger partial charge in [0.15, 0.2) is 0 Å². The summed E-state index contributed by atoms with van der Waals surface area (Å²) in [5.74, 6) is 1.83. The lowest BCUT2D eigenvalue weighted by atomic mass is 10.2. The second kappa shape index (κ2) is 8.41. The van der Waals surface area contributed by atoms with E-state index in [1.54, 1.807) is 7.11 Å². The molecule has 5 heteroatoms. The molecule has 2 aromatic carbocycles. The van der Waals surface area contributed by atoms with Gasteiger partial charge in [-0.15, -0.1) is 11.8 Å². The predicted molar refractivity (Wildman–Crippen MR) is 101 cm³/mol. The Labute approximate surface area is 153 Å². The van der Waals surface area contributed by atoms with Crippen LogP contribution in [0.25, 0.3) is 0 Å². The smallest absolute Gasteiger partial charge is 0.255 e. The van der Waals surface area contributed by atoms with E-state index in [1.165, 1.54) is 0 Å². The number of carbonyl (C=O) groups is 1. The molecule has 1 amide bonds. The maximum atomic E-state index is 12.9. The first-order valence-electron chi connectivity index (χ1n) is 8.47. The molecule has 1 heterocycles. The van der Waals surface area contributed by atoms with Gasteiger partial charge in [-0.1, -0.05) is 24.3 Å². The van der Waals surface area contributed by atoms with Gasteiger partial charge >= 0.3 is 0 Å². The fourth-order valence-electron chi connectivity index (χ4n) is 2.83. The number of fused-ring (bicyclic) bond motifs is 1. The molecule has 25 heavy (non-hydrogen) atoms. The molecular formula is C20H23NO3S. The molecule has 0 aromatic heterocycles. The van der Waals surface area contributed by atoms with Crippen molar-refractivity contribution in [3.63, 3.8) is 0 Å². The molecular weight excluding hydrogens is 334 g/mol. The first kappa shape index (κ1) is 17.8. The van der Waals surface area contributed by atoms with Gasteiger partial charge in [-0.3, -0.25) is 4.79 Å². The number of thioether (sulfide) groups is 1. The van der Waals surface area contributed by atoms with Crippen LogP contribution in [0.4, 0.5) is 5.69 Å². The van der Waals surface area contributed by atoms with Gasteiger partial charge in [0.2, 0.25) is 0 Å². The Kier molecular flexibility index (Phi) is 6.00. The van der Waals surface area contributed by atoms with Crippen molar-refractivity contribution in [1.29, 1.82) is 0 Å². The van der Waals surface area contributed by atoms with E-state index in [1.807, 2.05) is 66.1 Å². The lowest BCUT2D eigenvalue weighted by Crippen LogP contribution is -2.39. The van der Waals surface area contributed by atoms with E-state index >= 15 is 0 Å². The number of anilines is 1. The first-order chi connectivity index (χ1) is 12.2. The molecule has 0 spiro atoms. The summed E-state index contributed by atoms with van der Waals surface area (Å²) in [4.78, 5) is 16.0. The lowest BCUT2D eigenvalue weighted by Gasteiger charge is -2.25. The number of methoxy groups -OCH3 is 1. The van der Waals surface area contributed by atoms with Crippen LogP contribution < -0.4 is 9.64 Å². The van der Waals surface area contributed by atoms with Crippen LogP contribution in [0.2, 0.25) is 0 Å². The highest BCUT2D eigenvalue weighted by atomic mass is 32.2. The van der Waals surface area contributed by atoms with E-state index in [0.29, 0.717) is 6.61 Å². The average molecular weight is 357 g/mol. The number of hydrogen-bond donors (Lipinski definition) is 0. The van der Waals surface area contributed by atoms with E-state index in [2.05, 4.69) is 6.07 Å². The van der Waals surface area contributed by atoms with Crippen LogP contribution in [0.5, 0.6) is 5.75 Å². The zero-order valence-corrected chi connectivity index (χ0v) is 15.4. The minimum absolute atomic E-state index is 0.0119. The lowest BCUT2D eigenvalue weighted by molar-refractivity contribution is -0.129. The standard InChI is InChI=1S/C20H23NO3S/c1-15(24-14-16-7-5-8-17(13-16)23-2)20(22)21-11-6-12-25-19-10-4-3-9-18(19)21/h3-5,7-10,13,15H,6,11-12,14H2,1-2H3/t15-/m0/s1. The molecule has 0 aliphatic carbocycles. The number of hydrogen-bond acceptors (Lipinski definition) is 4. The van der Waals surface area contributed by atoms with Crippen molar-refractivity contribution < 1.29 is 14.3 Å². The predicted octanol–water partition coefficient (Wildman–Crippen LogP) is 4.13. The number of rotatable bonds is 5. The van der Waals surface area contributed by atoms with Crippen molar-refractivity contribution in [1.82, 2.24) is 0 Å². The zero-order valence-electron chi connectivity index (χ0n) is 14.6. The number of benzene rings is 2. The Morgan fingerprint density at radius 2 is 2.08 bits per heavy atom. The summed E-state index contributed by atoms with van der Waals surface area (Å²) in [5.41, 5.74) is 1.98. The third kappa shape index (κ3) is 4.35. The van der Waals surface area contributed by atoms with Crippen LogP contribution in [-0.2, 0) is 16.1 Å². The largest absolute Gasteiger partial charge is 0.497 e. The number of nitrogens with zero attached hydrogens (tertiary/aromatic N) is 1. The van der Waals surface area contributed by atoms with Gasteiger partial charge in [0.05, 0.1) is 19.4 Å². The third-order valence-corrected chi connectivity index (χ3v) is 5.34. The molecule has 0 N–H and O–H groups in total. The summed E-state index contributed by atoms with van der Waals surface area (Å²) in [6.45, 7) is 2.94. The summed E-state index contributed by atoms with van der Waals surface area (Å²) in [6.07, 6.45) is 0.482. The zero-order chi connectivity index (χ0) is 17.6. The van der Waals surface area contributed by atoms with Crippen molar-refractivity contribution in [3.8, 4) is 5.75 Å². The minimum Gasteiger partial charge on any atom is -0.497 e. The molecule has 3 rings (SSSR count). The fraction of sp³-hybridized carbons (Fsp3) is 0.350. The second-order valence-corrected chi connectivity index (χ2v) is 7.10. The van der Waals surface area contributed by atoms with E-state index in [9.17, 15) is 4.79 Å². The van der Waals surface area contributed by atoms with Gasteiger partial charge in [-0.25, -0.2) is 0 Å². The minimum atomic E-state index is -0.498. The summed E-state index contributed by atoms with van der Waals surface area (Å²) < 4.78 is 11.1. The molecule has 0 radical (unpaired) electrons. The third-order valence-electron chi connectivity index (χ3n) is 4.19. The fourth-order valence-corrected chi connectivity index (χ4v) is 3.82. The highest BCUT2D eigenvalue weighted by molar-refractivity contribution is 7.99. The Hall–Kier alpha value is -1.98. The number of para-hydroxylation sites is 1. The van der Waals surface area contributed by atoms with Gasteiger partial charge in [0.25, 0.3) is 5.91 Å². The number of ether oxygens (including phenoxy) is 2. The number of carbonyl (C=O) groups excluding carboxylic acids is 1. The molecule has 0 saturated carbocycles. The summed E-state index contributed by atoms with van der Waals surface area (Å²) >= 11 is 1.81. The van der Waals surface area contributed by atoms with E-state index < -0.39 is 6.10 Å². The van der Waals surface area contributed by atoms with Gasteiger partial charge in [0.1, 0.15) is 11.9 Å². The van der Waals surface area contributed by atoms with Gasteiger partial charge in [0, 0.05) is 11.4 Å². The molecule has 2 aromatic rings. The Morgan fingerprint density at radius 1 is 1.24 bits per heavy atom. The van der Waals surface area contributed by atoms with Crippen molar-refractivity contribution in [2.24, 2.45) is 0 Å². The van der Waals surface area contributed by atoms with Crippen molar-refractivity contribution >= 4 is 23.4 Å². The highest BCUT2D eigenvalue weighted by Crippen LogP contribution is 2.34. The normalized spacial score (nSPS) is 15.2. The van der Waals surface area contributed by atoms with Crippen LogP contribution in [0.15, 0.2) is 53.4 Å². The Bertz CT molecular complexity index is 734. The molecule has 1 aliphatic heterocycles. The second-order valence-electron chi connectivity index (χ2n) is 5.96. The average Bonchev–Trinajstić information content (AvgIpc) is 2.88. The van der Waals surface area contributed by atoms with Crippen LogP contribution >= 0.6 is 11.8 Å². The summed E-state index contributed by atoms with van der Waals surface area (Å²) in [7, 11) is 1.64. The van der Waals surface area contributed by atoms with Crippen LogP contribution in [0.3, 0.4) is 0 Å². The van der Waals surface area contributed by atoms with Crippen molar-refractivity contribution in [2.45, 2.75) is 31.0 Å². The number of amides is 1. The summed E-state index contributed by atoms with van der Waals surface area (Å²) in [5, 5.41) is 0. The maximum absolute atomic E-state index is 12.9. The molecule has 0 bridgehead atoms. The maximum Gasteiger partial charge on any atom is 0.255 e. The molecule has 0 fully saturated rings. The van der Waals surface area contributed by atoms with Gasteiger partial charge < -0.3 is 14.4 Å². The van der Waals surface area contributed by atoms with E-state index in [0.717, 1.165) is 40.6 Å². The van der Waals surface area contributed by atoms with E-state index in [-0.39, 0.29) is 5.91 Å². The van der Waals surface area contributed by atoms with Gasteiger partial charge in [-0.05, 0) is 48.9 Å². The molecule has 0 saturated heterocycles. The van der Waals surface area contributed by atoms with Crippen LogP contribution in [0.1, 0.15) is 18.9 Å². The Balaban J connectivity index is 1.67. The first-order valence-corrected chi connectivity index (χ1v) is 9.45. The molecule has 0 unspecified atom stereocenters.